The average Bonchev–Trinajstić information content (AvgIpc) is 2.53. The van der Waals surface area contributed by atoms with E-state index in [1.54, 1.807) is 18.2 Å². The zero-order chi connectivity index (χ0) is 21.7. The van der Waals surface area contributed by atoms with Crippen LogP contribution in [0.4, 0.5) is 0 Å². The number of phenolic OH excluding ortho intramolecular Hbond substituents is 1. The number of aromatic hydroxyl groups is 1. The Morgan fingerprint density at radius 3 is 1.25 bits per heavy atom. The summed E-state index contributed by atoms with van der Waals surface area (Å²) in [6, 6.07) is 7.04. The predicted octanol–water partition coefficient (Wildman–Crippen LogP) is 0.0835. The third-order valence-corrected chi connectivity index (χ3v) is 3.69. The minimum atomic E-state index is -1.23. The lowest BCUT2D eigenvalue weighted by atomic mass is 10.3. The SMILES string of the molecule is O=C(O)CN(CCN(CC(=O)O)CC(=O)O)CC(=O)O.Oc1ccccc1Br. The lowest BCUT2D eigenvalue weighted by Crippen LogP contribution is -2.43. The molecule has 1 aromatic carbocycles. The highest BCUT2D eigenvalue weighted by Crippen LogP contribution is 2.21. The van der Waals surface area contributed by atoms with Crippen molar-refractivity contribution in [1.82, 2.24) is 9.80 Å². The standard InChI is InChI=1S/C10H16N2O8.C6H5BrO/c13-7(14)3-11(4-8(15)16)1-2-12(5-9(17)18)6-10(19)20;7-5-3-1-2-4-6(5)8/h1-6H2,(H,13,14)(H,15,16)(H,17,18)(H,19,20);1-4,8H. The molecule has 0 aliphatic rings. The fourth-order valence-corrected chi connectivity index (χ4v) is 2.21. The number of carboxylic acid groups (broad SMARTS) is 4. The van der Waals surface area contributed by atoms with Crippen molar-refractivity contribution >= 4 is 39.8 Å². The number of aliphatic carboxylic acids is 4. The second-order valence-electron chi connectivity index (χ2n) is 5.45. The number of carbonyl (C=O) groups is 4. The molecule has 0 fully saturated rings. The molecular weight excluding hydrogens is 444 g/mol. The van der Waals surface area contributed by atoms with E-state index in [0.717, 1.165) is 14.3 Å². The predicted molar refractivity (Wildman–Crippen MR) is 99.2 cm³/mol. The number of hydrogen-bond acceptors (Lipinski definition) is 7. The number of phenols is 1. The van der Waals surface area contributed by atoms with Gasteiger partial charge >= 0.3 is 23.9 Å². The van der Waals surface area contributed by atoms with Crippen LogP contribution in [-0.4, -0.2) is 98.5 Å². The number of para-hydroxylation sites is 1. The van der Waals surface area contributed by atoms with Crippen molar-refractivity contribution in [3.63, 3.8) is 0 Å². The Hall–Kier alpha value is -2.70. The number of rotatable bonds is 11. The third kappa shape index (κ3) is 13.5. The van der Waals surface area contributed by atoms with Crippen molar-refractivity contribution in [2.75, 3.05) is 39.3 Å². The molecule has 0 saturated heterocycles. The molecule has 28 heavy (non-hydrogen) atoms. The number of hydrogen-bond donors (Lipinski definition) is 5. The first-order valence-corrected chi connectivity index (χ1v) is 8.56. The molecule has 0 radical (unpaired) electrons. The quantitative estimate of drug-likeness (QED) is 0.299. The highest BCUT2D eigenvalue weighted by atomic mass is 79.9. The van der Waals surface area contributed by atoms with E-state index in [1.165, 1.54) is 0 Å². The smallest absolute Gasteiger partial charge is 0.317 e. The Balaban J connectivity index is 0.000000749. The summed E-state index contributed by atoms with van der Waals surface area (Å²) in [7, 11) is 0. The monoisotopic (exact) mass is 464 g/mol. The number of carboxylic acids is 4. The van der Waals surface area contributed by atoms with Gasteiger partial charge in [-0.25, -0.2) is 0 Å². The molecule has 0 bridgehead atoms. The van der Waals surface area contributed by atoms with E-state index in [4.69, 9.17) is 25.5 Å². The van der Waals surface area contributed by atoms with Gasteiger partial charge in [-0.15, -0.1) is 0 Å². The summed E-state index contributed by atoms with van der Waals surface area (Å²) < 4.78 is 0.736. The van der Waals surface area contributed by atoms with Crippen LogP contribution in [0.25, 0.3) is 0 Å². The summed E-state index contributed by atoms with van der Waals surface area (Å²) in [6.07, 6.45) is 0. The summed E-state index contributed by atoms with van der Waals surface area (Å²) in [4.78, 5) is 44.4. The van der Waals surface area contributed by atoms with Crippen molar-refractivity contribution in [2.45, 2.75) is 0 Å². The van der Waals surface area contributed by atoms with Gasteiger partial charge < -0.3 is 25.5 Å². The molecule has 0 aromatic heterocycles. The zero-order valence-corrected chi connectivity index (χ0v) is 16.3. The van der Waals surface area contributed by atoms with E-state index in [2.05, 4.69) is 15.9 Å². The molecule has 1 aromatic rings. The number of benzene rings is 1. The fourth-order valence-electron chi connectivity index (χ4n) is 1.93. The molecule has 1 rings (SSSR count). The first-order chi connectivity index (χ1) is 13.0. The van der Waals surface area contributed by atoms with E-state index in [-0.39, 0.29) is 18.8 Å². The molecule has 0 spiro atoms. The van der Waals surface area contributed by atoms with Crippen LogP contribution in [-0.2, 0) is 19.2 Å². The third-order valence-electron chi connectivity index (χ3n) is 3.02. The second kappa shape index (κ2) is 13.5. The molecule has 5 N–H and O–H groups in total. The molecule has 12 heteroatoms. The Labute approximate surface area is 168 Å². The molecule has 156 valence electrons. The van der Waals surface area contributed by atoms with E-state index in [1.807, 2.05) is 6.07 Å². The van der Waals surface area contributed by atoms with E-state index >= 15 is 0 Å². The number of halogens is 1. The van der Waals surface area contributed by atoms with Crippen LogP contribution in [0.2, 0.25) is 0 Å². The van der Waals surface area contributed by atoms with Crippen molar-refractivity contribution < 1.29 is 44.7 Å². The Bertz CT molecular complexity index is 595. The lowest BCUT2D eigenvalue weighted by molar-refractivity contribution is -0.145. The van der Waals surface area contributed by atoms with Crippen LogP contribution >= 0.6 is 15.9 Å². The number of nitrogens with zero attached hydrogens (tertiary/aromatic N) is 2. The average molecular weight is 465 g/mol. The Morgan fingerprint density at radius 1 is 0.714 bits per heavy atom. The van der Waals surface area contributed by atoms with Crippen molar-refractivity contribution in [2.24, 2.45) is 0 Å². The van der Waals surface area contributed by atoms with Crippen molar-refractivity contribution in [3.05, 3.63) is 28.7 Å². The maximum atomic E-state index is 10.6. The van der Waals surface area contributed by atoms with Gasteiger partial charge in [0.05, 0.1) is 30.7 Å². The maximum absolute atomic E-state index is 10.6. The van der Waals surface area contributed by atoms with Crippen LogP contribution in [0.1, 0.15) is 0 Å². The van der Waals surface area contributed by atoms with Crippen LogP contribution in [0.3, 0.4) is 0 Å². The minimum Gasteiger partial charge on any atom is -0.507 e. The highest BCUT2D eigenvalue weighted by Gasteiger charge is 2.17. The van der Waals surface area contributed by atoms with Crippen molar-refractivity contribution in [3.8, 4) is 5.75 Å². The molecule has 0 heterocycles. The van der Waals surface area contributed by atoms with Crippen LogP contribution < -0.4 is 0 Å². The van der Waals surface area contributed by atoms with Gasteiger partial charge in [0.2, 0.25) is 0 Å². The van der Waals surface area contributed by atoms with E-state index < -0.39 is 50.1 Å². The van der Waals surface area contributed by atoms with Gasteiger partial charge in [0.15, 0.2) is 0 Å². The van der Waals surface area contributed by atoms with Gasteiger partial charge in [0.25, 0.3) is 0 Å². The van der Waals surface area contributed by atoms with Gasteiger partial charge in [0.1, 0.15) is 5.75 Å². The van der Waals surface area contributed by atoms with E-state index in [0.29, 0.717) is 0 Å². The van der Waals surface area contributed by atoms with E-state index in [9.17, 15) is 19.2 Å². The zero-order valence-electron chi connectivity index (χ0n) is 14.7. The first kappa shape index (κ1) is 25.3. The van der Waals surface area contributed by atoms with Gasteiger partial charge in [-0.2, -0.15) is 0 Å². The van der Waals surface area contributed by atoms with Gasteiger partial charge in [-0.05, 0) is 28.1 Å². The molecule has 0 saturated carbocycles. The minimum absolute atomic E-state index is 0.0703. The largest absolute Gasteiger partial charge is 0.507 e. The van der Waals surface area contributed by atoms with Crippen molar-refractivity contribution in [1.29, 1.82) is 0 Å². The van der Waals surface area contributed by atoms with Crippen LogP contribution in [0, 0.1) is 0 Å². The summed E-state index contributed by atoms with van der Waals surface area (Å²) in [5.74, 6) is -4.63. The maximum Gasteiger partial charge on any atom is 0.317 e. The summed E-state index contributed by atoms with van der Waals surface area (Å²) >= 11 is 3.15. The topological polar surface area (TPSA) is 176 Å². The summed E-state index contributed by atoms with van der Waals surface area (Å²) in [5.41, 5.74) is 0. The molecular formula is C16H21BrN2O9. The second-order valence-corrected chi connectivity index (χ2v) is 6.30. The fraction of sp³-hybridized carbons (Fsp3) is 0.375. The van der Waals surface area contributed by atoms with Crippen LogP contribution in [0.15, 0.2) is 28.7 Å². The van der Waals surface area contributed by atoms with Gasteiger partial charge in [0, 0.05) is 13.1 Å². The van der Waals surface area contributed by atoms with Crippen LogP contribution in [0.5, 0.6) is 5.75 Å². The first-order valence-electron chi connectivity index (χ1n) is 7.76. The molecule has 0 amide bonds. The normalized spacial score (nSPS) is 10.2. The van der Waals surface area contributed by atoms with Gasteiger partial charge in [-0.1, -0.05) is 12.1 Å². The molecule has 0 aliphatic carbocycles. The molecule has 11 nitrogen and oxygen atoms in total. The lowest BCUT2D eigenvalue weighted by Gasteiger charge is -2.23. The van der Waals surface area contributed by atoms with Gasteiger partial charge in [-0.3, -0.25) is 29.0 Å². The highest BCUT2D eigenvalue weighted by molar-refractivity contribution is 9.10. The molecule has 0 aliphatic heterocycles. The summed E-state index contributed by atoms with van der Waals surface area (Å²) in [6.45, 7) is -2.25. The Kier molecular flexibility index (Phi) is 12.2. The Morgan fingerprint density at radius 2 is 1.04 bits per heavy atom. The molecule has 0 unspecified atom stereocenters. The molecule has 0 atom stereocenters. The summed E-state index contributed by atoms with van der Waals surface area (Å²) in [5, 5.41) is 43.3.